The molecule has 4 rings (SSSR count). The molecule has 20 heavy (non-hydrogen) atoms. The summed E-state index contributed by atoms with van der Waals surface area (Å²) in [5.74, 6) is 0. The van der Waals surface area contributed by atoms with Crippen molar-refractivity contribution in [3.63, 3.8) is 0 Å². The largest absolute Gasteiger partial charge is 0.172 e. The summed E-state index contributed by atoms with van der Waals surface area (Å²) in [6, 6.07) is 19.0. The second-order valence-electron chi connectivity index (χ2n) is 4.62. The maximum atomic E-state index is 4.44. The van der Waals surface area contributed by atoms with Crippen molar-refractivity contribution >= 4 is 49.5 Å². The van der Waals surface area contributed by atoms with Crippen LogP contribution in [0.15, 0.2) is 59.1 Å². The van der Waals surface area contributed by atoms with Crippen LogP contribution in [0.4, 0.5) is 0 Å². The molecule has 0 radical (unpaired) electrons. The lowest BCUT2D eigenvalue weighted by Crippen LogP contribution is -1.82. The Morgan fingerprint density at radius 1 is 0.800 bits per heavy atom. The summed E-state index contributed by atoms with van der Waals surface area (Å²) in [7, 11) is 0. The van der Waals surface area contributed by atoms with Gasteiger partial charge in [-0.3, -0.25) is 0 Å². The van der Waals surface area contributed by atoms with Crippen LogP contribution in [0.5, 0.6) is 0 Å². The van der Waals surface area contributed by atoms with E-state index in [0.29, 0.717) is 0 Å². The van der Waals surface area contributed by atoms with Crippen molar-refractivity contribution in [2.24, 2.45) is 0 Å². The number of benzene rings is 3. The molecule has 3 aromatic carbocycles. The second-order valence-corrected chi connectivity index (χ2v) is 6.00. The van der Waals surface area contributed by atoms with Crippen molar-refractivity contribution in [2.75, 3.05) is 0 Å². The lowest BCUT2D eigenvalue weighted by molar-refractivity contribution is 1.59. The van der Waals surface area contributed by atoms with Crippen LogP contribution in [0.2, 0.25) is 0 Å². The molecular weight excluding hydrogens is 332 g/mol. The Bertz CT molecular complexity index is 930. The Kier molecular flexibility index (Phi) is 2.79. The Balaban J connectivity index is 2.01. The van der Waals surface area contributed by atoms with Crippen LogP contribution in [0.25, 0.3) is 32.9 Å². The zero-order valence-electron chi connectivity index (χ0n) is 10.4. The summed E-state index contributed by atoms with van der Waals surface area (Å²) in [5.41, 5.74) is 4.19. The number of rotatable bonds is 1. The quantitative estimate of drug-likeness (QED) is 0.471. The number of halogens is 1. The van der Waals surface area contributed by atoms with Crippen molar-refractivity contribution in [3.8, 4) is 11.1 Å². The standard InChI is InChI=1S/C16H9BrN2S/c17-14-8-7-13(15-16(14)19-20-18-15)12-6-5-10-3-1-2-4-11(10)9-12/h1-9H. The first kappa shape index (κ1) is 12.0. The molecule has 0 saturated heterocycles. The number of hydrogen-bond donors (Lipinski definition) is 0. The molecule has 0 atom stereocenters. The van der Waals surface area contributed by atoms with Gasteiger partial charge in [-0.2, -0.15) is 8.75 Å². The first-order chi connectivity index (χ1) is 9.83. The average Bonchev–Trinajstić information content (AvgIpc) is 2.98. The number of aromatic nitrogens is 2. The Labute approximate surface area is 128 Å². The highest BCUT2D eigenvalue weighted by Crippen LogP contribution is 2.33. The maximum absolute atomic E-state index is 4.44. The molecule has 0 saturated carbocycles. The molecule has 0 aliphatic carbocycles. The van der Waals surface area contributed by atoms with E-state index >= 15 is 0 Å². The predicted octanol–water partition coefficient (Wildman–Crippen LogP) is 5.27. The van der Waals surface area contributed by atoms with E-state index < -0.39 is 0 Å². The van der Waals surface area contributed by atoms with Gasteiger partial charge in [0.05, 0.1) is 11.7 Å². The zero-order valence-corrected chi connectivity index (χ0v) is 12.8. The van der Waals surface area contributed by atoms with Crippen LogP contribution in [0, 0.1) is 0 Å². The third-order valence-electron chi connectivity index (χ3n) is 3.43. The highest BCUT2D eigenvalue weighted by molar-refractivity contribution is 9.10. The van der Waals surface area contributed by atoms with Crippen molar-refractivity contribution in [1.29, 1.82) is 0 Å². The topological polar surface area (TPSA) is 25.8 Å². The van der Waals surface area contributed by atoms with Gasteiger partial charge in [0.25, 0.3) is 0 Å². The van der Waals surface area contributed by atoms with E-state index in [9.17, 15) is 0 Å². The molecular formula is C16H9BrN2S. The van der Waals surface area contributed by atoms with Gasteiger partial charge >= 0.3 is 0 Å². The maximum Gasteiger partial charge on any atom is 0.119 e. The summed E-state index contributed by atoms with van der Waals surface area (Å²) in [4.78, 5) is 0. The highest BCUT2D eigenvalue weighted by Gasteiger charge is 2.10. The Morgan fingerprint density at radius 2 is 1.60 bits per heavy atom. The zero-order chi connectivity index (χ0) is 13.5. The van der Waals surface area contributed by atoms with E-state index in [0.717, 1.165) is 21.1 Å². The minimum atomic E-state index is 0.931. The van der Waals surface area contributed by atoms with Crippen LogP contribution in [-0.4, -0.2) is 8.75 Å². The Morgan fingerprint density at radius 3 is 2.50 bits per heavy atom. The lowest BCUT2D eigenvalue weighted by atomic mass is 10.0. The molecule has 0 fully saturated rings. The normalized spacial score (nSPS) is 11.2. The molecule has 0 spiro atoms. The van der Waals surface area contributed by atoms with E-state index in [2.05, 4.69) is 73.2 Å². The lowest BCUT2D eigenvalue weighted by Gasteiger charge is -2.05. The van der Waals surface area contributed by atoms with E-state index in [1.165, 1.54) is 28.1 Å². The average molecular weight is 341 g/mol. The van der Waals surface area contributed by atoms with E-state index in [1.807, 2.05) is 6.07 Å². The second kappa shape index (κ2) is 4.65. The summed E-state index contributed by atoms with van der Waals surface area (Å²) >= 11 is 4.78. The summed E-state index contributed by atoms with van der Waals surface area (Å²) in [5, 5.41) is 2.49. The smallest absolute Gasteiger partial charge is 0.119 e. The summed E-state index contributed by atoms with van der Waals surface area (Å²) in [6.07, 6.45) is 0. The van der Waals surface area contributed by atoms with Gasteiger partial charge in [0.15, 0.2) is 0 Å². The third-order valence-corrected chi connectivity index (χ3v) is 4.60. The van der Waals surface area contributed by atoms with Crippen molar-refractivity contribution < 1.29 is 0 Å². The van der Waals surface area contributed by atoms with Crippen LogP contribution in [0.1, 0.15) is 0 Å². The minimum Gasteiger partial charge on any atom is -0.172 e. The molecule has 0 bridgehead atoms. The Hall–Kier alpha value is -1.78. The predicted molar refractivity (Wildman–Crippen MR) is 88.1 cm³/mol. The molecule has 4 aromatic rings. The monoisotopic (exact) mass is 340 g/mol. The summed E-state index contributed by atoms with van der Waals surface area (Å²) in [6.45, 7) is 0. The minimum absolute atomic E-state index is 0.931. The molecule has 2 nitrogen and oxygen atoms in total. The van der Waals surface area contributed by atoms with Crippen molar-refractivity contribution in [3.05, 3.63) is 59.1 Å². The molecule has 96 valence electrons. The van der Waals surface area contributed by atoms with Crippen LogP contribution >= 0.6 is 27.7 Å². The first-order valence-corrected chi connectivity index (χ1v) is 7.75. The number of fused-ring (bicyclic) bond motifs is 2. The highest BCUT2D eigenvalue weighted by atomic mass is 79.9. The fraction of sp³-hybridized carbons (Fsp3) is 0. The van der Waals surface area contributed by atoms with Crippen LogP contribution in [0.3, 0.4) is 0 Å². The fourth-order valence-corrected chi connectivity index (χ4v) is 3.53. The van der Waals surface area contributed by atoms with E-state index in [1.54, 1.807) is 0 Å². The van der Waals surface area contributed by atoms with E-state index in [-0.39, 0.29) is 0 Å². The molecule has 1 heterocycles. The molecule has 0 unspecified atom stereocenters. The molecule has 0 N–H and O–H groups in total. The van der Waals surface area contributed by atoms with Gasteiger partial charge in [0.2, 0.25) is 0 Å². The van der Waals surface area contributed by atoms with Gasteiger partial charge in [0, 0.05) is 10.0 Å². The van der Waals surface area contributed by atoms with Crippen molar-refractivity contribution in [1.82, 2.24) is 8.75 Å². The van der Waals surface area contributed by atoms with Crippen LogP contribution < -0.4 is 0 Å². The molecule has 4 heteroatoms. The van der Waals surface area contributed by atoms with E-state index in [4.69, 9.17) is 0 Å². The van der Waals surface area contributed by atoms with Crippen LogP contribution in [-0.2, 0) is 0 Å². The molecule has 1 aromatic heterocycles. The van der Waals surface area contributed by atoms with Gasteiger partial charge in [0.1, 0.15) is 11.0 Å². The summed E-state index contributed by atoms with van der Waals surface area (Å²) < 4.78 is 9.78. The third kappa shape index (κ3) is 1.84. The number of nitrogens with zero attached hydrogens (tertiary/aromatic N) is 2. The van der Waals surface area contributed by atoms with Crippen molar-refractivity contribution in [2.45, 2.75) is 0 Å². The van der Waals surface area contributed by atoms with Gasteiger partial charge in [-0.15, -0.1) is 0 Å². The van der Waals surface area contributed by atoms with Gasteiger partial charge in [-0.05, 0) is 44.4 Å². The molecule has 0 amide bonds. The number of hydrogen-bond acceptors (Lipinski definition) is 3. The van der Waals surface area contributed by atoms with Gasteiger partial charge in [-0.1, -0.05) is 42.5 Å². The molecule has 0 aliphatic heterocycles. The fourth-order valence-electron chi connectivity index (χ4n) is 2.43. The first-order valence-electron chi connectivity index (χ1n) is 6.23. The molecule has 0 aliphatic rings. The van der Waals surface area contributed by atoms with Gasteiger partial charge in [-0.25, -0.2) is 0 Å². The SMILES string of the molecule is Brc1ccc(-c2ccc3ccccc3c2)c2nsnc12. The van der Waals surface area contributed by atoms with Gasteiger partial charge < -0.3 is 0 Å².